The second-order valence-electron chi connectivity index (χ2n) is 1.88. The van der Waals surface area contributed by atoms with Crippen LogP contribution in [-0.4, -0.2) is 25.2 Å². The second-order valence-corrected chi connectivity index (χ2v) is 1.88. The molecule has 0 unspecified atom stereocenters. The first-order chi connectivity index (χ1) is 3.81. The number of rotatable bonds is 3. The summed E-state index contributed by atoms with van der Waals surface area (Å²) < 4.78 is 0. The summed E-state index contributed by atoms with van der Waals surface area (Å²) in [6, 6.07) is 0. The van der Waals surface area contributed by atoms with Crippen molar-refractivity contribution in [3.63, 3.8) is 0 Å². The Morgan fingerprint density at radius 3 is 2.62 bits per heavy atom. The Morgan fingerprint density at radius 1 is 1.62 bits per heavy atom. The Labute approximate surface area is 50.9 Å². The summed E-state index contributed by atoms with van der Waals surface area (Å²) in [6.45, 7) is 10.2. The van der Waals surface area contributed by atoms with Gasteiger partial charge in [0, 0.05) is 6.54 Å². The van der Waals surface area contributed by atoms with E-state index < -0.39 is 0 Å². The van der Waals surface area contributed by atoms with E-state index in [9.17, 15) is 0 Å². The summed E-state index contributed by atoms with van der Waals surface area (Å²) in [5.41, 5.74) is 0. The molecular formula is C6H12N2. The van der Waals surface area contributed by atoms with Crippen molar-refractivity contribution in [2.45, 2.75) is 13.3 Å². The Kier molecular flexibility index (Phi) is 4.29. The van der Waals surface area contributed by atoms with E-state index in [1.165, 1.54) is 0 Å². The molecule has 0 bridgehead atoms. The fraction of sp³-hybridized carbons (Fsp3) is 0.833. The number of hydrogen-bond acceptors (Lipinski definition) is 1. The van der Waals surface area contributed by atoms with Gasteiger partial charge in [-0.05, 0) is 13.5 Å². The summed E-state index contributed by atoms with van der Waals surface area (Å²) in [6.07, 6.45) is 1.13. The fourth-order valence-corrected chi connectivity index (χ4v) is 0.573. The average molecular weight is 112 g/mol. The molecule has 2 nitrogen and oxygen atoms in total. The van der Waals surface area contributed by atoms with Gasteiger partial charge in [-0.3, -0.25) is 4.85 Å². The molecule has 0 aromatic heterocycles. The van der Waals surface area contributed by atoms with Crippen LogP contribution in [0.2, 0.25) is 0 Å². The molecule has 0 aliphatic rings. The highest BCUT2D eigenvalue weighted by Gasteiger charge is 1.93. The van der Waals surface area contributed by atoms with Crippen LogP contribution in [0.25, 0.3) is 4.85 Å². The average Bonchev–Trinajstić information content (AvgIpc) is 1.68. The highest BCUT2D eigenvalue weighted by atomic mass is 15.1. The van der Waals surface area contributed by atoms with E-state index in [2.05, 4.69) is 11.8 Å². The van der Waals surface area contributed by atoms with Crippen molar-refractivity contribution in [2.24, 2.45) is 0 Å². The second kappa shape index (κ2) is 4.61. The lowest BCUT2D eigenvalue weighted by molar-refractivity contribution is 0.369. The van der Waals surface area contributed by atoms with Crippen molar-refractivity contribution >= 4 is 0 Å². The highest BCUT2D eigenvalue weighted by Crippen LogP contribution is 1.84. The third-order valence-electron chi connectivity index (χ3n) is 0.917. The van der Waals surface area contributed by atoms with Crippen LogP contribution in [0.1, 0.15) is 13.3 Å². The molecule has 0 aliphatic heterocycles. The van der Waals surface area contributed by atoms with Gasteiger partial charge in [-0.25, -0.2) is 11.5 Å². The lowest BCUT2D eigenvalue weighted by atomic mass is 10.5. The van der Waals surface area contributed by atoms with Gasteiger partial charge in [-0.15, -0.1) is 0 Å². The summed E-state index contributed by atoms with van der Waals surface area (Å²) in [4.78, 5) is 5.24. The molecule has 46 valence electrons. The maximum Gasteiger partial charge on any atom is 0.270 e. The predicted octanol–water partition coefficient (Wildman–Crippen LogP) is 1.20. The summed E-state index contributed by atoms with van der Waals surface area (Å²) in [5, 5.41) is 0. The third kappa shape index (κ3) is 3.63. The van der Waals surface area contributed by atoms with Crippen molar-refractivity contribution < 1.29 is 0 Å². The van der Waals surface area contributed by atoms with Crippen LogP contribution in [0.5, 0.6) is 0 Å². The quantitative estimate of drug-likeness (QED) is 0.498. The van der Waals surface area contributed by atoms with Crippen molar-refractivity contribution in [3.05, 3.63) is 11.4 Å². The minimum Gasteiger partial charge on any atom is -0.299 e. The Morgan fingerprint density at radius 2 is 2.25 bits per heavy atom. The fourth-order valence-electron chi connectivity index (χ4n) is 0.573. The molecule has 0 aromatic rings. The zero-order chi connectivity index (χ0) is 6.41. The van der Waals surface area contributed by atoms with Gasteiger partial charge in [-0.2, -0.15) is 0 Å². The molecule has 0 aliphatic carbocycles. The van der Waals surface area contributed by atoms with Crippen LogP contribution in [0.15, 0.2) is 0 Å². The van der Waals surface area contributed by atoms with E-state index in [0.717, 1.165) is 13.0 Å². The summed E-state index contributed by atoms with van der Waals surface area (Å²) >= 11 is 0. The van der Waals surface area contributed by atoms with Crippen LogP contribution >= 0.6 is 0 Å². The zero-order valence-electron chi connectivity index (χ0n) is 5.52. The molecule has 0 rings (SSSR count). The van der Waals surface area contributed by atoms with Gasteiger partial charge in [0.25, 0.3) is 6.67 Å². The minimum atomic E-state index is 0.536. The van der Waals surface area contributed by atoms with Crippen LogP contribution in [-0.2, 0) is 0 Å². The Balaban J connectivity index is 3.08. The lowest BCUT2D eigenvalue weighted by Crippen LogP contribution is -2.17. The molecule has 0 saturated carbocycles. The molecule has 8 heavy (non-hydrogen) atoms. The Hall–Kier alpha value is -0.550. The monoisotopic (exact) mass is 112 g/mol. The van der Waals surface area contributed by atoms with Crippen molar-refractivity contribution in [2.75, 3.05) is 20.3 Å². The minimum absolute atomic E-state index is 0.536. The number of hydrogen-bond donors (Lipinski definition) is 0. The Bertz CT molecular complexity index is 83.0. The molecule has 0 aromatic carbocycles. The lowest BCUT2D eigenvalue weighted by Gasteiger charge is -2.05. The first kappa shape index (κ1) is 7.45. The molecule has 0 fully saturated rings. The molecule has 0 spiro atoms. The van der Waals surface area contributed by atoms with E-state index >= 15 is 0 Å². The van der Waals surface area contributed by atoms with Gasteiger partial charge in [0.2, 0.25) is 0 Å². The molecular weight excluding hydrogens is 100 g/mol. The van der Waals surface area contributed by atoms with Gasteiger partial charge < -0.3 is 0 Å². The van der Waals surface area contributed by atoms with Gasteiger partial charge in [0.05, 0.1) is 0 Å². The molecule has 0 radical (unpaired) electrons. The number of nitrogens with zero attached hydrogens (tertiary/aromatic N) is 2. The normalized spacial score (nSPS) is 9.25. The van der Waals surface area contributed by atoms with Gasteiger partial charge in [-0.1, -0.05) is 6.92 Å². The van der Waals surface area contributed by atoms with Crippen molar-refractivity contribution in [3.8, 4) is 0 Å². The molecule has 2 heteroatoms. The molecule has 0 atom stereocenters. The SMILES string of the molecule is [C-]#[N+]CN(C)CCC. The smallest absolute Gasteiger partial charge is 0.270 e. The first-order valence-corrected chi connectivity index (χ1v) is 2.83. The standard InChI is InChI=1S/C6H12N2/c1-4-5-8(3)6-7-2/h4-6H2,1,3H3. The van der Waals surface area contributed by atoms with Crippen LogP contribution in [0.4, 0.5) is 0 Å². The van der Waals surface area contributed by atoms with Crippen LogP contribution < -0.4 is 0 Å². The van der Waals surface area contributed by atoms with Gasteiger partial charge >= 0.3 is 0 Å². The summed E-state index contributed by atoms with van der Waals surface area (Å²) in [7, 11) is 1.96. The molecule has 0 amide bonds. The summed E-state index contributed by atoms with van der Waals surface area (Å²) in [5.74, 6) is 0. The van der Waals surface area contributed by atoms with E-state index in [4.69, 9.17) is 6.57 Å². The predicted molar refractivity (Wildman–Crippen MR) is 34.4 cm³/mol. The third-order valence-corrected chi connectivity index (χ3v) is 0.917. The topological polar surface area (TPSA) is 7.60 Å². The van der Waals surface area contributed by atoms with Crippen molar-refractivity contribution in [1.29, 1.82) is 0 Å². The van der Waals surface area contributed by atoms with Gasteiger partial charge in [0.15, 0.2) is 0 Å². The molecule has 0 heterocycles. The van der Waals surface area contributed by atoms with Gasteiger partial charge in [0.1, 0.15) is 0 Å². The largest absolute Gasteiger partial charge is 0.299 e. The molecule has 0 N–H and O–H groups in total. The van der Waals surface area contributed by atoms with E-state index in [1.807, 2.05) is 11.9 Å². The maximum absolute atomic E-state index is 6.49. The van der Waals surface area contributed by atoms with E-state index in [-0.39, 0.29) is 0 Å². The van der Waals surface area contributed by atoms with E-state index in [1.54, 1.807) is 0 Å². The molecule has 0 saturated heterocycles. The van der Waals surface area contributed by atoms with Crippen LogP contribution in [0.3, 0.4) is 0 Å². The van der Waals surface area contributed by atoms with Crippen molar-refractivity contribution in [1.82, 2.24) is 4.90 Å². The van der Waals surface area contributed by atoms with Crippen LogP contribution in [0, 0.1) is 6.57 Å². The first-order valence-electron chi connectivity index (χ1n) is 2.83. The zero-order valence-corrected chi connectivity index (χ0v) is 5.52. The highest BCUT2D eigenvalue weighted by molar-refractivity contribution is 4.57. The maximum atomic E-state index is 6.49. The van der Waals surface area contributed by atoms with E-state index in [0.29, 0.717) is 6.67 Å².